The number of nitrogens with zero attached hydrogens (tertiary/aromatic N) is 1. The van der Waals surface area contributed by atoms with Crippen LogP contribution in [0.3, 0.4) is 0 Å². The highest BCUT2D eigenvalue weighted by Crippen LogP contribution is 2.67. The summed E-state index contributed by atoms with van der Waals surface area (Å²) in [6.07, 6.45) is 12.3. The van der Waals surface area contributed by atoms with Crippen LogP contribution in [0.15, 0.2) is 35.9 Å². The molecule has 4 saturated carbocycles. The molecule has 4 aliphatic rings. The van der Waals surface area contributed by atoms with Crippen LogP contribution < -0.4 is 5.32 Å². The van der Waals surface area contributed by atoms with Crippen molar-refractivity contribution >= 4 is 0 Å². The SMILES string of the molecule is C/C=C1/[C@H](O)CC2C3CCC4C[C@@H](NCc5ccc(C#N)cc5)CC[C@]4(C)C3CC[C@]12C. The van der Waals surface area contributed by atoms with E-state index in [4.69, 9.17) is 5.26 Å². The molecule has 0 heterocycles. The Hall–Kier alpha value is -1.63. The molecule has 3 heteroatoms. The van der Waals surface area contributed by atoms with Crippen LogP contribution in [0.5, 0.6) is 0 Å². The lowest BCUT2D eigenvalue weighted by atomic mass is 9.45. The van der Waals surface area contributed by atoms with Crippen molar-refractivity contribution in [2.45, 2.75) is 90.8 Å². The van der Waals surface area contributed by atoms with Crippen LogP contribution in [0.4, 0.5) is 0 Å². The van der Waals surface area contributed by atoms with Gasteiger partial charge in [-0.05, 0) is 116 Å². The van der Waals surface area contributed by atoms with Gasteiger partial charge in [0, 0.05) is 12.6 Å². The summed E-state index contributed by atoms with van der Waals surface area (Å²) in [7, 11) is 0. The van der Waals surface area contributed by atoms with Crippen LogP contribution in [0.25, 0.3) is 0 Å². The zero-order chi connectivity index (χ0) is 22.5. The van der Waals surface area contributed by atoms with E-state index < -0.39 is 0 Å². The summed E-state index contributed by atoms with van der Waals surface area (Å²) in [5.74, 6) is 3.13. The molecule has 5 rings (SSSR count). The summed E-state index contributed by atoms with van der Waals surface area (Å²) in [5, 5.41) is 23.6. The van der Waals surface area contributed by atoms with Gasteiger partial charge in [-0.1, -0.05) is 32.1 Å². The standard InChI is InChI=1S/C29H40N2O/c1-4-24-27(32)16-26-23-10-9-21-15-22(31-18-20-7-5-19(17-30)6-8-20)11-13-28(21,2)25(23)12-14-29(24,26)3/h4-8,21-23,25-27,31-32H,9-16,18H2,1-3H3/b24-4-/t21?,22-,23?,25?,26?,27+,28-,29+/m0/s1. The van der Waals surface area contributed by atoms with Gasteiger partial charge in [0.25, 0.3) is 0 Å². The molecule has 1 aromatic carbocycles. The van der Waals surface area contributed by atoms with Crippen LogP contribution in [-0.2, 0) is 6.54 Å². The first-order chi connectivity index (χ1) is 15.4. The lowest BCUT2D eigenvalue weighted by molar-refractivity contribution is -0.102. The van der Waals surface area contributed by atoms with Crippen molar-refractivity contribution in [1.82, 2.24) is 5.32 Å². The van der Waals surface area contributed by atoms with Gasteiger partial charge in [0.1, 0.15) is 0 Å². The number of hydrogen-bond acceptors (Lipinski definition) is 3. The zero-order valence-electron chi connectivity index (χ0n) is 20.1. The maximum Gasteiger partial charge on any atom is 0.0991 e. The molecule has 172 valence electrons. The van der Waals surface area contributed by atoms with Gasteiger partial charge in [-0.3, -0.25) is 0 Å². The molecular weight excluding hydrogens is 392 g/mol. The van der Waals surface area contributed by atoms with Crippen molar-refractivity contribution in [2.24, 2.45) is 34.5 Å². The molecule has 0 spiro atoms. The third-order valence-electron chi connectivity index (χ3n) is 10.5. The van der Waals surface area contributed by atoms with Gasteiger partial charge < -0.3 is 10.4 Å². The number of nitriles is 1. The monoisotopic (exact) mass is 432 g/mol. The second-order valence-corrected chi connectivity index (χ2v) is 11.8. The van der Waals surface area contributed by atoms with E-state index in [1.807, 2.05) is 12.1 Å². The molecule has 3 nitrogen and oxygen atoms in total. The molecule has 0 aromatic heterocycles. The van der Waals surface area contributed by atoms with Gasteiger partial charge in [-0.2, -0.15) is 5.26 Å². The average Bonchev–Trinajstić information content (AvgIpc) is 3.07. The van der Waals surface area contributed by atoms with Gasteiger partial charge in [0.15, 0.2) is 0 Å². The summed E-state index contributed by atoms with van der Waals surface area (Å²) in [5.41, 5.74) is 4.05. The van der Waals surface area contributed by atoms with E-state index in [9.17, 15) is 5.11 Å². The Kier molecular flexibility index (Phi) is 5.75. The van der Waals surface area contributed by atoms with E-state index in [-0.39, 0.29) is 11.5 Å². The first-order valence-electron chi connectivity index (χ1n) is 13.0. The Morgan fingerprint density at radius 3 is 2.56 bits per heavy atom. The second-order valence-electron chi connectivity index (χ2n) is 11.8. The molecule has 0 bridgehead atoms. The maximum atomic E-state index is 10.8. The molecule has 4 fully saturated rings. The lowest BCUT2D eigenvalue weighted by Gasteiger charge is -2.60. The van der Waals surface area contributed by atoms with Crippen LogP contribution >= 0.6 is 0 Å². The zero-order valence-corrected chi connectivity index (χ0v) is 20.1. The minimum absolute atomic E-state index is 0.207. The van der Waals surface area contributed by atoms with Crippen molar-refractivity contribution in [3.63, 3.8) is 0 Å². The number of hydrogen-bond donors (Lipinski definition) is 2. The van der Waals surface area contributed by atoms with Crippen LogP contribution in [-0.4, -0.2) is 17.3 Å². The molecule has 8 atom stereocenters. The Bertz CT molecular complexity index is 914. The maximum absolute atomic E-state index is 10.8. The lowest BCUT2D eigenvalue weighted by Crippen LogP contribution is -2.54. The summed E-state index contributed by atoms with van der Waals surface area (Å²) >= 11 is 0. The van der Waals surface area contributed by atoms with E-state index >= 15 is 0 Å². The predicted molar refractivity (Wildman–Crippen MR) is 129 cm³/mol. The van der Waals surface area contributed by atoms with Gasteiger partial charge in [0.2, 0.25) is 0 Å². The van der Waals surface area contributed by atoms with Gasteiger partial charge in [0.05, 0.1) is 17.7 Å². The van der Waals surface area contributed by atoms with E-state index in [1.165, 1.54) is 56.1 Å². The smallest absolute Gasteiger partial charge is 0.0991 e. The van der Waals surface area contributed by atoms with Crippen molar-refractivity contribution in [3.8, 4) is 6.07 Å². The third kappa shape index (κ3) is 3.46. The summed E-state index contributed by atoms with van der Waals surface area (Å²) in [4.78, 5) is 0. The number of rotatable bonds is 3. The number of aliphatic hydroxyl groups is 1. The van der Waals surface area contributed by atoms with E-state index in [1.54, 1.807) is 0 Å². The van der Waals surface area contributed by atoms with Crippen LogP contribution in [0, 0.1) is 45.8 Å². The van der Waals surface area contributed by atoms with Crippen molar-refractivity contribution in [3.05, 3.63) is 47.0 Å². The molecule has 4 aliphatic carbocycles. The fourth-order valence-corrected chi connectivity index (χ4v) is 8.79. The van der Waals surface area contributed by atoms with Gasteiger partial charge in [-0.25, -0.2) is 0 Å². The van der Waals surface area contributed by atoms with Crippen LogP contribution in [0.1, 0.15) is 83.3 Å². The fourth-order valence-electron chi connectivity index (χ4n) is 8.79. The average molecular weight is 433 g/mol. The normalized spacial score (nSPS) is 44.4. The summed E-state index contributed by atoms with van der Waals surface area (Å²) in [6, 6.07) is 10.8. The Balaban J connectivity index is 1.25. The highest BCUT2D eigenvalue weighted by atomic mass is 16.3. The minimum atomic E-state index is -0.207. The Labute approximate surface area is 194 Å². The number of fused-ring (bicyclic) bond motifs is 5. The molecule has 0 radical (unpaired) electrons. The fraction of sp³-hybridized carbons (Fsp3) is 0.690. The molecule has 2 N–H and O–H groups in total. The van der Waals surface area contributed by atoms with Crippen molar-refractivity contribution in [2.75, 3.05) is 0 Å². The topological polar surface area (TPSA) is 56.0 Å². The minimum Gasteiger partial charge on any atom is -0.389 e. The molecule has 4 unspecified atom stereocenters. The molecule has 0 amide bonds. The van der Waals surface area contributed by atoms with Gasteiger partial charge >= 0.3 is 0 Å². The molecular formula is C29H40N2O. The number of benzene rings is 1. The van der Waals surface area contributed by atoms with Gasteiger partial charge in [-0.15, -0.1) is 0 Å². The third-order valence-corrected chi connectivity index (χ3v) is 10.5. The molecule has 1 aromatic rings. The quantitative estimate of drug-likeness (QED) is 0.578. The van der Waals surface area contributed by atoms with E-state index in [0.29, 0.717) is 17.4 Å². The van der Waals surface area contributed by atoms with Crippen molar-refractivity contribution in [1.29, 1.82) is 5.26 Å². The molecule has 32 heavy (non-hydrogen) atoms. The number of aliphatic hydroxyl groups excluding tert-OH is 1. The Morgan fingerprint density at radius 2 is 1.84 bits per heavy atom. The van der Waals surface area contributed by atoms with Crippen molar-refractivity contribution < 1.29 is 5.11 Å². The summed E-state index contributed by atoms with van der Waals surface area (Å²) in [6.45, 7) is 8.10. The summed E-state index contributed by atoms with van der Waals surface area (Å²) < 4.78 is 0. The largest absolute Gasteiger partial charge is 0.389 e. The first-order valence-corrected chi connectivity index (χ1v) is 13.0. The van der Waals surface area contributed by atoms with E-state index in [0.717, 1.165) is 36.3 Å². The number of allylic oxidation sites excluding steroid dienone is 1. The predicted octanol–water partition coefficient (Wildman–Crippen LogP) is 5.98. The highest BCUT2D eigenvalue weighted by Gasteiger charge is 2.60. The highest BCUT2D eigenvalue weighted by molar-refractivity contribution is 5.31. The Morgan fingerprint density at radius 1 is 1.06 bits per heavy atom. The second kappa shape index (κ2) is 8.30. The van der Waals surface area contributed by atoms with E-state index in [2.05, 4.69) is 50.4 Å². The van der Waals surface area contributed by atoms with Crippen LogP contribution in [0.2, 0.25) is 0 Å². The molecule has 0 aliphatic heterocycles. The molecule has 0 saturated heterocycles. The number of nitrogens with one attached hydrogen (secondary N) is 1. The first kappa shape index (κ1) is 22.2.